The highest BCUT2D eigenvalue weighted by molar-refractivity contribution is 5.50. The molecule has 0 heterocycles. The first kappa shape index (κ1) is 7.05. The highest BCUT2D eigenvalue weighted by Gasteiger charge is 2.45. The molecule has 68 valence electrons. The topological polar surface area (TPSA) is 0 Å². The molecule has 3 aliphatic rings. The zero-order valence-corrected chi connectivity index (χ0v) is 7.93. The van der Waals surface area contributed by atoms with Crippen LogP contribution in [-0.2, 0) is 0 Å². The Hall–Kier alpha value is -1.30. The first-order chi connectivity index (χ1) is 6.95. The van der Waals surface area contributed by atoms with Crippen LogP contribution < -0.4 is 0 Å². The van der Waals surface area contributed by atoms with Gasteiger partial charge in [-0.1, -0.05) is 48.6 Å². The van der Waals surface area contributed by atoms with Gasteiger partial charge < -0.3 is 0 Å². The number of benzene rings is 1. The molecule has 0 amide bonds. The molecule has 4 bridgehead atoms. The summed E-state index contributed by atoms with van der Waals surface area (Å²) >= 11 is 0. The van der Waals surface area contributed by atoms with Crippen LogP contribution in [0.3, 0.4) is 0 Å². The summed E-state index contributed by atoms with van der Waals surface area (Å²) in [5, 5.41) is 0. The Morgan fingerprint density at radius 1 is 0.786 bits per heavy atom. The third-order valence-corrected chi connectivity index (χ3v) is 4.05. The molecule has 1 aromatic rings. The lowest BCUT2D eigenvalue weighted by molar-refractivity contribution is 0.476. The summed E-state index contributed by atoms with van der Waals surface area (Å²) in [7, 11) is 0. The highest BCUT2D eigenvalue weighted by atomic mass is 14.5. The van der Waals surface area contributed by atoms with Gasteiger partial charge in [-0.3, -0.25) is 0 Å². The van der Waals surface area contributed by atoms with Crippen LogP contribution in [-0.4, -0.2) is 0 Å². The van der Waals surface area contributed by atoms with Crippen LogP contribution in [0.2, 0.25) is 0 Å². The maximum atomic E-state index is 2.43. The van der Waals surface area contributed by atoms with Crippen molar-refractivity contribution in [2.45, 2.75) is 11.8 Å². The van der Waals surface area contributed by atoms with E-state index in [2.05, 4.69) is 48.6 Å². The van der Waals surface area contributed by atoms with E-state index in [4.69, 9.17) is 0 Å². The maximum Gasteiger partial charge on any atom is 0.00900 e. The Kier molecular flexibility index (Phi) is 1.11. The van der Waals surface area contributed by atoms with Crippen LogP contribution in [0.5, 0.6) is 0 Å². The fourth-order valence-corrected chi connectivity index (χ4v) is 3.50. The van der Waals surface area contributed by atoms with E-state index in [-0.39, 0.29) is 0 Å². The fraction of sp³-hybridized carbons (Fsp3) is 0.286. The van der Waals surface area contributed by atoms with E-state index in [0.29, 0.717) is 11.8 Å². The Bertz CT molecular complexity index is 453. The minimum atomic E-state index is 0.672. The van der Waals surface area contributed by atoms with Crippen LogP contribution in [0.15, 0.2) is 48.6 Å². The van der Waals surface area contributed by atoms with Gasteiger partial charge in [0.2, 0.25) is 0 Å². The normalized spacial score (nSPS) is 40.3. The van der Waals surface area contributed by atoms with E-state index < -0.39 is 0 Å². The third-order valence-electron chi connectivity index (χ3n) is 4.05. The Balaban J connectivity index is 2.03. The van der Waals surface area contributed by atoms with Gasteiger partial charge in [0.05, 0.1) is 0 Å². The summed E-state index contributed by atoms with van der Waals surface area (Å²) in [6.07, 6.45) is 9.63. The fourth-order valence-electron chi connectivity index (χ4n) is 3.50. The molecule has 0 saturated carbocycles. The Labute approximate surface area is 84.0 Å². The third kappa shape index (κ3) is 0.639. The van der Waals surface area contributed by atoms with Crippen molar-refractivity contribution < 1.29 is 0 Å². The molecule has 0 fully saturated rings. The summed E-state index contributed by atoms with van der Waals surface area (Å²) in [5.74, 6) is 2.88. The Morgan fingerprint density at radius 3 is 2.50 bits per heavy atom. The zero-order valence-electron chi connectivity index (χ0n) is 7.93. The molecule has 4 rings (SSSR count). The van der Waals surface area contributed by atoms with E-state index >= 15 is 0 Å². The average molecular weight is 180 g/mol. The summed E-state index contributed by atoms with van der Waals surface area (Å²) in [6.45, 7) is 0. The predicted octanol–water partition coefficient (Wildman–Crippen LogP) is 3.24. The average Bonchev–Trinajstić information content (AvgIpc) is 2.63. The van der Waals surface area contributed by atoms with E-state index in [1.165, 1.54) is 0 Å². The summed E-state index contributed by atoms with van der Waals surface area (Å²) in [6, 6.07) is 8.97. The second kappa shape index (κ2) is 2.20. The van der Waals surface area contributed by atoms with Crippen LogP contribution >= 0.6 is 0 Å². The molecule has 0 heteroatoms. The van der Waals surface area contributed by atoms with Gasteiger partial charge in [0.15, 0.2) is 0 Å². The van der Waals surface area contributed by atoms with Gasteiger partial charge in [0.25, 0.3) is 0 Å². The van der Waals surface area contributed by atoms with Gasteiger partial charge in [0, 0.05) is 17.8 Å². The zero-order chi connectivity index (χ0) is 9.12. The molecule has 0 saturated heterocycles. The highest BCUT2D eigenvalue weighted by Crippen LogP contribution is 2.57. The van der Waals surface area contributed by atoms with Gasteiger partial charge in [-0.05, 0) is 17.0 Å². The molecule has 4 atom stereocenters. The first-order valence-electron chi connectivity index (χ1n) is 5.40. The maximum absolute atomic E-state index is 2.43. The summed E-state index contributed by atoms with van der Waals surface area (Å²) in [5.41, 5.74) is 3.17. The lowest BCUT2D eigenvalue weighted by Crippen LogP contribution is -2.13. The molecule has 0 unspecified atom stereocenters. The van der Waals surface area contributed by atoms with Crippen molar-refractivity contribution in [2.75, 3.05) is 0 Å². The van der Waals surface area contributed by atoms with Crippen LogP contribution in [0.4, 0.5) is 0 Å². The lowest BCUT2D eigenvalue weighted by Gasteiger charge is -2.22. The first-order valence-corrected chi connectivity index (χ1v) is 5.40. The predicted molar refractivity (Wildman–Crippen MR) is 57.2 cm³/mol. The second-order valence-corrected chi connectivity index (χ2v) is 4.60. The SMILES string of the molecule is C1=C[C@H]2[C@@H]3c4ccccc4[C@H]2C=C[C@@H]13. The number of hydrogen-bond donors (Lipinski definition) is 0. The quantitative estimate of drug-likeness (QED) is 0.538. The van der Waals surface area contributed by atoms with E-state index in [1.807, 2.05) is 0 Å². The molecule has 0 N–H and O–H groups in total. The molecule has 14 heavy (non-hydrogen) atoms. The van der Waals surface area contributed by atoms with Crippen molar-refractivity contribution in [3.63, 3.8) is 0 Å². The second-order valence-electron chi connectivity index (χ2n) is 4.60. The molecule has 1 aromatic carbocycles. The standard InChI is InChI=1S/C14H12/c1-2-4-12-10(3-1)11-7-5-9-6-8-13(11)14(9)12/h1-9,11,13-14H/t9-,11+,13+,14-/m0/s1. The molecular weight excluding hydrogens is 168 g/mol. The molecule has 0 aliphatic heterocycles. The smallest absolute Gasteiger partial charge is 0.00900 e. The molecule has 0 radical (unpaired) electrons. The van der Waals surface area contributed by atoms with E-state index in [1.54, 1.807) is 11.1 Å². The monoisotopic (exact) mass is 180 g/mol. The van der Waals surface area contributed by atoms with E-state index in [9.17, 15) is 0 Å². The Morgan fingerprint density at radius 2 is 1.57 bits per heavy atom. The van der Waals surface area contributed by atoms with Gasteiger partial charge in [-0.2, -0.15) is 0 Å². The molecule has 0 aromatic heterocycles. The van der Waals surface area contributed by atoms with Crippen molar-refractivity contribution >= 4 is 0 Å². The van der Waals surface area contributed by atoms with Crippen molar-refractivity contribution in [1.82, 2.24) is 0 Å². The minimum Gasteiger partial charge on any atom is -0.0832 e. The van der Waals surface area contributed by atoms with Gasteiger partial charge in [0.1, 0.15) is 0 Å². The van der Waals surface area contributed by atoms with Crippen LogP contribution in [0.1, 0.15) is 23.0 Å². The number of hydrogen-bond acceptors (Lipinski definition) is 0. The molecule has 0 nitrogen and oxygen atoms in total. The number of allylic oxidation sites excluding steroid dienone is 4. The van der Waals surface area contributed by atoms with E-state index in [0.717, 1.165) is 11.8 Å². The van der Waals surface area contributed by atoms with Gasteiger partial charge >= 0.3 is 0 Å². The molecular formula is C14H12. The van der Waals surface area contributed by atoms with Gasteiger partial charge in [-0.25, -0.2) is 0 Å². The van der Waals surface area contributed by atoms with Crippen molar-refractivity contribution in [1.29, 1.82) is 0 Å². The molecule has 3 aliphatic carbocycles. The summed E-state index contributed by atoms with van der Waals surface area (Å²) < 4.78 is 0. The van der Waals surface area contributed by atoms with Crippen molar-refractivity contribution in [2.24, 2.45) is 11.8 Å². The van der Waals surface area contributed by atoms with Gasteiger partial charge in [-0.15, -0.1) is 0 Å². The minimum absolute atomic E-state index is 0.672. The largest absolute Gasteiger partial charge is 0.0832 e. The summed E-state index contributed by atoms with van der Waals surface area (Å²) in [4.78, 5) is 0. The van der Waals surface area contributed by atoms with Crippen molar-refractivity contribution in [3.05, 3.63) is 59.7 Å². The van der Waals surface area contributed by atoms with Crippen LogP contribution in [0.25, 0.3) is 0 Å². The molecule has 0 spiro atoms. The number of rotatable bonds is 0. The lowest BCUT2D eigenvalue weighted by atomic mass is 9.80. The van der Waals surface area contributed by atoms with Crippen LogP contribution in [0, 0.1) is 11.8 Å². The number of fused-ring (bicyclic) bond motifs is 2. The van der Waals surface area contributed by atoms with Crippen molar-refractivity contribution in [3.8, 4) is 0 Å².